The van der Waals surface area contributed by atoms with E-state index in [1.165, 1.54) is 0 Å². The molecule has 0 radical (unpaired) electrons. The first-order valence-corrected chi connectivity index (χ1v) is 7.09. The summed E-state index contributed by atoms with van der Waals surface area (Å²) in [5.41, 5.74) is 5.79. The third-order valence-corrected chi connectivity index (χ3v) is 4.02. The molecule has 1 amide bonds. The summed E-state index contributed by atoms with van der Waals surface area (Å²) in [6.45, 7) is 6.85. The van der Waals surface area contributed by atoms with Gasteiger partial charge < -0.3 is 10.6 Å². The highest BCUT2D eigenvalue weighted by Crippen LogP contribution is 2.23. The number of nitrogens with zero attached hydrogens (tertiary/aromatic N) is 1. The van der Waals surface area contributed by atoms with Gasteiger partial charge in [0.2, 0.25) is 5.91 Å². The summed E-state index contributed by atoms with van der Waals surface area (Å²) >= 11 is 5.05. The fourth-order valence-electron chi connectivity index (χ4n) is 1.49. The highest BCUT2D eigenvalue weighted by molar-refractivity contribution is 9.11. The Bertz CT molecular complexity index is 392. The second-order valence-corrected chi connectivity index (χ2v) is 6.24. The summed E-state index contributed by atoms with van der Waals surface area (Å²) < 4.78 is 1.08. The number of rotatable bonds is 6. The summed E-state index contributed by atoms with van der Waals surface area (Å²) in [6.07, 6.45) is 2.20. The van der Waals surface area contributed by atoms with Gasteiger partial charge in [-0.05, 0) is 41.4 Å². The molecule has 0 saturated heterocycles. The number of carbonyl (C=O) groups is 1. The third-order valence-electron chi connectivity index (χ3n) is 2.41. The van der Waals surface area contributed by atoms with Crippen LogP contribution in [0.3, 0.4) is 0 Å². The quantitative estimate of drug-likeness (QED) is 0.820. The normalized spacial score (nSPS) is 12.2. The summed E-state index contributed by atoms with van der Waals surface area (Å²) in [6, 6.07) is 3.53. The average molecular weight is 317 g/mol. The molecule has 0 fully saturated rings. The molecule has 3 nitrogen and oxygen atoms in total. The van der Waals surface area contributed by atoms with Crippen LogP contribution in [0.4, 0.5) is 0 Å². The molecule has 0 bridgehead atoms. The lowest BCUT2D eigenvalue weighted by atomic mass is 10.2. The second-order valence-electron chi connectivity index (χ2n) is 3.69. The highest BCUT2D eigenvalue weighted by Gasteiger charge is 2.19. The molecule has 0 saturated carbocycles. The van der Waals surface area contributed by atoms with Gasteiger partial charge in [0, 0.05) is 11.4 Å². The standard InChI is InChI=1S/C12H17BrN2OS/c1-3-5-10(14)12(16)15(4-2)8-9-6-7-11(13)17-9/h3,6-7,10H,1,4-5,8,14H2,2H3. The number of likely N-dealkylation sites (N-methyl/N-ethyl adjacent to an activating group) is 1. The molecule has 0 aliphatic rings. The molecule has 0 aliphatic carbocycles. The van der Waals surface area contributed by atoms with E-state index < -0.39 is 6.04 Å². The van der Waals surface area contributed by atoms with E-state index in [2.05, 4.69) is 22.5 Å². The van der Waals surface area contributed by atoms with Gasteiger partial charge in [-0.1, -0.05) is 6.08 Å². The largest absolute Gasteiger partial charge is 0.336 e. The molecule has 0 aromatic carbocycles. The minimum absolute atomic E-state index is 0.0167. The summed E-state index contributed by atoms with van der Waals surface area (Å²) in [4.78, 5) is 14.9. The Balaban J connectivity index is 2.64. The Labute approximate surface area is 114 Å². The van der Waals surface area contributed by atoms with Crippen molar-refractivity contribution in [3.05, 3.63) is 33.5 Å². The van der Waals surface area contributed by atoms with Gasteiger partial charge in [-0.3, -0.25) is 4.79 Å². The first-order valence-electron chi connectivity index (χ1n) is 5.48. The smallest absolute Gasteiger partial charge is 0.240 e. The highest BCUT2D eigenvalue weighted by atomic mass is 79.9. The molecule has 1 aromatic heterocycles. The van der Waals surface area contributed by atoms with Crippen molar-refractivity contribution < 1.29 is 4.79 Å². The van der Waals surface area contributed by atoms with Gasteiger partial charge in [-0.15, -0.1) is 17.9 Å². The second kappa shape index (κ2) is 6.93. The van der Waals surface area contributed by atoms with Crippen LogP contribution >= 0.6 is 27.3 Å². The molecule has 1 atom stereocenters. The molecule has 1 heterocycles. The van der Waals surface area contributed by atoms with E-state index in [1.54, 1.807) is 22.3 Å². The zero-order valence-corrected chi connectivity index (χ0v) is 12.3. The van der Waals surface area contributed by atoms with Crippen molar-refractivity contribution in [1.29, 1.82) is 0 Å². The van der Waals surface area contributed by atoms with Gasteiger partial charge in [-0.2, -0.15) is 0 Å². The van der Waals surface area contributed by atoms with Crippen molar-refractivity contribution in [1.82, 2.24) is 4.90 Å². The SMILES string of the molecule is C=CCC(N)C(=O)N(CC)Cc1ccc(Br)s1. The molecule has 0 spiro atoms. The predicted octanol–water partition coefficient (Wildman–Crippen LogP) is 2.76. The monoisotopic (exact) mass is 316 g/mol. The molecule has 1 unspecified atom stereocenters. The van der Waals surface area contributed by atoms with Gasteiger partial charge in [0.1, 0.15) is 0 Å². The van der Waals surface area contributed by atoms with Crippen molar-refractivity contribution in [2.75, 3.05) is 6.54 Å². The van der Waals surface area contributed by atoms with Gasteiger partial charge in [0.15, 0.2) is 0 Å². The maximum atomic E-state index is 12.0. The number of halogens is 1. The van der Waals surface area contributed by atoms with E-state index in [-0.39, 0.29) is 5.91 Å². The number of hydrogen-bond acceptors (Lipinski definition) is 3. The maximum Gasteiger partial charge on any atom is 0.240 e. The van der Waals surface area contributed by atoms with E-state index in [0.29, 0.717) is 19.5 Å². The lowest BCUT2D eigenvalue weighted by Crippen LogP contribution is -2.42. The molecular weight excluding hydrogens is 300 g/mol. The first kappa shape index (κ1) is 14.4. The molecule has 5 heteroatoms. The van der Waals surface area contributed by atoms with Gasteiger partial charge in [-0.25, -0.2) is 0 Å². The van der Waals surface area contributed by atoms with Crippen LogP contribution in [0.2, 0.25) is 0 Å². The van der Waals surface area contributed by atoms with Crippen molar-refractivity contribution >= 4 is 33.2 Å². The molecular formula is C12H17BrN2OS. The fraction of sp³-hybridized carbons (Fsp3) is 0.417. The van der Waals surface area contributed by atoms with Crippen LogP contribution in [0.15, 0.2) is 28.6 Å². The Kier molecular flexibility index (Phi) is 5.88. The van der Waals surface area contributed by atoms with Crippen molar-refractivity contribution in [2.24, 2.45) is 5.73 Å². The number of amides is 1. The van der Waals surface area contributed by atoms with E-state index in [0.717, 1.165) is 8.66 Å². The van der Waals surface area contributed by atoms with E-state index >= 15 is 0 Å². The van der Waals surface area contributed by atoms with E-state index in [4.69, 9.17) is 5.73 Å². The minimum atomic E-state index is -0.476. The van der Waals surface area contributed by atoms with Gasteiger partial charge >= 0.3 is 0 Å². The average Bonchev–Trinajstić information content (AvgIpc) is 2.71. The van der Waals surface area contributed by atoms with Crippen LogP contribution in [0, 0.1) is 0 Å². The number of nitrogens with two attached hydrogens (primary N) is 1. The van der Waals surface area contributed by atoms with Crippen molar-refractivity contribution in [2.45, 2.75) is 25.9 Å². The van der Waals surface area contributed by atoms with Crippen LogP contribution < -0.4 is 5.73 Å². The number of hydrogen-bond donors (Lipinski definition) is 1. The van der Waals surface area contributed by atoms with E-state index in [1.807, 2.05) is 19.1 Å². The lowest BCUT2D eigenvalue weighted by molar-refractivity contribution is -0.132. The number of carbonyl (C=O) groups excluding carboxylic acids is 1. The minimum Gasteiger partial charge on any atom is -0.336 e. The van der Waals surface area contributed by atoms with Crippen molar-refractivity contribution in [3.63, 3.8) is 0 Å². The Hall–Kier alpha value is -0.650. The lowest BCUT2D eigenvalue weighted by Gasteiger charge is -2.23. The van der Waals surface area contributed by atoms with E-state index in [9.17, 15) is 4.79 Å². The van der Waals surface area contributed by atoms with Crippen LogP contribution in [-0.2, 0) is 11.3 Å². The maximum absolute atomic E-state index is 12.0. The molecule has 2 N–H and O–H groups in total. The van der Waals surface area contributed by atoms with Crippen molar-refractivity contribution in [3.8, 4) is 0 Å². The fourth-order valence-corrected chi connectivity index (χ4v) is 2.98. The molecule has 94 valence electrons. The molecule has 1 rings (SSSR count). The van der Waals surface area contributed by atoms with Crippen LogP contribution in [0.1, 0.15) is 18.2 Å². The first-order chi connectivity index (χ1) is 8.08. The Morgan fingerprint density at radius 3 is 2.88 bits per heavy atom. The Morgan fingerprint density at radius 2 is 2.41 bits per heavy atom. The zero-order valence-electron chi connectivity index (χ0n) is 9.86. The summed E-state index contributed by atoms with van der Waals surface area (Å²) in [5, 5.41) is 0. The third kappa shape index (κ3) is 4.26. The molecule has 0 aliphatic heterocycles. The molecule has 17 heavy (non-hydrogen) atoms. The molecule has 1 aromatic rings. The van der Waals surface area contributed by atoms with Gasteiger partial charge in [0.25, 0.3) is 0 Å². The summed E-state index contributed by atoms with van der Waals surface area (Å²) in [5.74, 6) is -0.0167. The van der Waals surface area contributed by atoms with Gasteiger partial charge in [0.05, 0.1) is 16.4 Å². The predicted molar refractivity (Wildman–Crippen MR) is 75.9 cm³/mol. The van der Waals surface area contributed by atoms with Crippen LogP contribution in [-0.4, -0.2) is 23.4 Å². The topological polar surface area (TPSA) is 46.3 Å². The van der Waals surface area contributed by atoms with Crippen LogP contribution in [0.5, 0.6) is 0 Å². The zero-order chi connectivity index (χ0) is 12.8. The van der Waals surface area contributed by atoms with Crippen LogP contribution in [0.25, 0.3) is 0 Å². The number of thiophene rings is 1. The Morgan fingerprint density at radius 1 is 1.71 bits per heavy atom. The summed E-state index contributed by atoms with van der Waals surface area (Å²) in [7, 11) is 0.